The van der Waals surface area contributed by atoms with E-state index in [0.29, 0.717) is 0 Å². The van der Waals surface area contributed by atoms with Gasteiger partial charge in [-0.25, -0.2) is 4.98 Å². The molecule has 156 valence electrons. The Balaban J connectivity index is 1.74. The summed E-state index contributed by atoms with van der Waals surface area (Å²) in [7, 11) is 0. The van der Waals surface area contributed by atoms with Crippen molar-refractivity contribution >= 4 is 48.9 Å². The third kappa shape index (κ3) is 2.52. The highest BCUT2D eigenvalue weighted by Crippen LogP contribution is 2.38. The quantitative estimate of drug-likeness (QED) is 0.192. The first-order valence-corrected chi connectivity index (χ1v) is 11.4. The van der Waals surface area contributed by atoms with Crippen LogP contribution in [-0.2, 0) is 0 Å². The zero-order valence-corrected chi connectivity index (χ0v) is 18.6. The number of hydrogen-bond donors (Lipinski definition) is 0. The number of benzene rings is 5. The fourth-order valence-corrected chi connectivity index (χ4v) is 5.54. The van der Waals surface area contributed by atoms with Crippen molar-refractivity contribution in [2.24, 2.45) is 0 Å². The van der Waals surface area contributed by atoms with E-state index in [9.17, 15) is 0 Å². The third-order valence-corrected chi connectivity index (χ3v) is 7.06. The fourth-order valence-electron chi connectivity index (χ4n) is 5.54. The van der Waals surface area contributed by atoms with Gasteiger partial charge in [0.15, 0.2) is 0 Å². The van der Waals surface area contributed by atoms with E-state index in [1.54, 1.807) is 0 Å². The first kappa shape index (κ1) is 18.4. The van der Waals surface area contributed by atoms with Crippen molar-refractivity contribution in [2.45, 2.75) is 13.8 Å². The normalized spacial score (nSPS) is 11.9. The molecule has 0 atom stereocenters. The van der Waals surface area contributed by atoms with Gasteiger partial charge in [-0.3, -0.25) is 4.40 Å². The number of pyridine rings is 1. The van der Waals surface area contributed by atoms with Crippen LogP contribution in [0.1, 0.15) is 11.1 Å². The van der Waals surface area contributed by atoms with Crippen molar-refractivity contribution in [2.75, 3.05) is 0 Å². The average molecular weight is 423 g/mol. The Morgan fingerprint density at radius 1 is 0.576 bits per heavy atom. The second kappa shape index (κ2) is 6.66. The molecule has 0 saturated heterocycles. The molecule has 0 aliphatic carbocycles. The van der Waals surface area contributed by atoms with Gasteiger partial charge in [0.25, 0.3) is 0 Å². The minimum atomic E-state index is 1.01. The van der Waals surface area contributed by atoms with E-state index in [2.05, 4.69) is 109 Å². The summed E-state index contributed by atoms with van der Waals surface area (Å²) in [5, 5.41) is 8.79. The number of hydrogen-bond acceptors (Lipinski definition) is 1. The smallest absolute Gasteiger partial charge is 0.145 e. The summed E-state index contributed by atoms with van der Waals surface area (Å²) in [4.78, 5) is 4.95. The fraction of sp³-hybridized carbons (Fsp3) is 0.0645. The molecule has 0 N–H and O–H groups in total. The monoisotopic (exact) mass is 422 g/mol. The van der Waals surface area contributed by atoms with Gasteiger partial charge in [0.2, 0.25) is 0 Å². The van der Waals surface area contributed by atoms with Gasteiger partial charge >= 0.3 is 0 Å². The Bertz CT molecular complexity index is 1870. The van der Waals surface area contributed by atoms with Crippen molar-refractivity contribution in [1.82, 2.24) is 9.38 Å². The summed E-state index contributed by atoms with van der Waals surface area (Å²) in [5.74, 6) is 0. The number of rotatable bonds is 1. The van der Waals surface area contributed by atoms with E-state index in [1.165, 1.54) is 59.9 Å². The Kier molecular flexibility index (Phi) is 3.72. The molecular formula is C31H22N2. The topological polar surface area (TPSA) is 17.3 Å². The van der Waals surface area contributed by atoms with E-state index >= 15 is 0 Å². The summed E-state index contributed by atoms with van der Waals surface area (Å²) in [6.07, 6.45) is 2.04. The first-order chi connectivity index (χ1) is 16.2. The molecule has 7 rings (SSSR count). The standard InChI is InChI=1S/C31H22N2/c1-19-8-7-9-20(2)30(19)29-18-32-31-25-13-6-5-12-24(25)27-17-26-22(16-28(27)33(29)31)15-14-21-10-3-4-11-23(21)26/h3-18H,1-2H3. The maximum Gasteiger partial charge on any atom is 0.145 e. The van der Waals surface area contributed by atoms with Gasteiger partial charge in [0.05, 0.1) is 17.4 Å². The molecule has 0 radical (unpaired) electrons. The van der Waals surface area contributed by atoms with E-state index in [1.807, 2.05) is 6.20 Å². The lowest BCUT2D eigenvalue weighted by Gasteiger charge is -2.15. The molecular weight excluding hydrogens is 400 g/mol. The lowest BCUT2D eigenvalue weighted by molar-refractivity contribution is 1.25. The highest BCUT2D eigenvalue weighted by atomic mass is 15.0. The van der Waals surface area contributed by atoms with E-state index in [-0.39, 0.29) is 0 Å². The Hall–Kier alpha value is -4.17. The van der Waals surface area contributed by atoms with Crippen LogP contribution in [0.5, 0.6) is 0 Å². The van der Waals surface area contributed by atoms with Crippen LogP contribution in [0.25, 0.3) is 60.1 Å². The van der Waals surface area contributed by atoms with Gasteiger partial charge in [-0.05, 0) is 64.0 Å². The number of aromatic nitrogens is 2. The number of aryl methyl sites for hydroxylation is 2. The van der Waals surface area contributed by atoms with Gasteiger partial charge in [-0.15, -0.1) is 0 Å². The molecule has 5 aromatic carbocycles. The van der Waals surface area contributed by atoms with E-state index < -0.39 is 0 Å². The predicted molar refractivity (Wildman–Crippen MR) is 140 cm³/mol. The second-order valence-corrected chi connectivity index (χ2v) is 8.99. The van der Waals surface area contributed by atoms with Gasteiger partial charge in [-0.2, -0.15) is 0 Å². The Labute approximate surface area is 191 Å². The molecule has 0 saturated carbocycles. The van der Waals surface area contributed by atoms with Gasteiger partial charge in [0.1, 0.15) is 5.65 Å². The molecule has 0 unspecified atom stereocenters. The summed E-state index contributed by atoms with van der Waals surface area (Å²) < 4.78 is 2.36. The van der Waals surface area contributed by atoms with Crippen molar-refractivity contribution in [1.29, 1.82) is 0 Å². The van der Waals surface area contributed by atoms with Crippen LogP contribution in [0.3, 0.4) is 0 Å². The van der Waals surface area contributed by atoms with Crippen LogP contribution in [-0.4, -0.2) is 9.38 Å². The van der Waals surface area contributed by atoms with Crippen molar-refractivity contribution in [3.05, 3.63) is 108 Å². The van der Waals surface area contributed by atoms with Crippen molar-refractivity contribution in [3.63, 3.8) is 0 Å². The molecule has 2 aromatic heterocycles. The molecule has 0 amide bonds. The molecule has 2 heterocycles. The van der Waals surface area contributed by atoms with Crippen LogP contribution in [0.2, 0.25) is 0 Å². The van der Waals surface area contributed by atoms with Crippen LogP contribution < -0.4 is 0 Å². The zero-order chi connectivity index (χ0) is 22.1. The molecule has 0 aliphatic heterocycles. The highest BCUT2D eigenvalue weighted by molar-refractivity contribution is 6.19. The SMILES string of the molecule is Cc1cccc(C)c1-c1cnc2c3ccccc3c3cc4c(ccc5ccccc54)cc3n12. The van der Waals surface area contributed by atoms with Crippen LogP contribution >= 0.6 is 0 Å². The van der Waals surface area contributed by atoms with Crippen LogP contribution in [0, 0.1) is 13.8 Å². The molecule has 7 aromatic rings. The zero-order valence-electron chi connectivity index (χ0n) is 18.6. The number of fused-ring (bicyclic) bond motifs is 9. The molecule has 33 heavy (non-hydrogen) atoms. The van der Waals surface area contributed by atoms with Crippen molar-refractivity contribution < 1.29 is 0 Å². The molecule has 0 aliphatic rings. The van der Waals surface area contributed by atoms with Crippen LogP contribution in [0.4, 0.5) is 0 Å². The number of nitrogens with zero attached hydrogens (tertiary/aromatic N) is 2. The third-order valence-electron chi connectivity index (χ3n) is 7.06. The Morgan fingerprint density at radius 2 is 1.27 bits per heavy atom. The second-order valence-electron chi connectivity index (χ2n) is 8.99. The maximum atomic E-state index is 4.95. The van der Waals surface area contributed by atoms with Crippen molar-refractivity contribution in [3.8, 4) is 11.3 Å². The maximum absolute atomic E-state index is 4.95. The van der Waals surface area contributed by atoms with E-state index in [4.69, 9.17) is 4.98 Å². The van der Waals surface area contributed by atoms with Gasteiger partial charge < -0.3 is 0 Å². The molecule has 2 nitrogen and oxygen atoms in total. The minimum Gasteiger partial charge on any atom is -0.292 e. The van der Waals surface area contributed by atoms with Crippen LogP contribution in [0.15, 0.2) is 97.2 Å². The lowest BCUT2D eigenvalue weighted by atomic mass is 9.97. The molecule has 0 bridgehead atoms. The van der Waals surface area contributed by atoms with E-state index in [0.717, 1.165) is 11.3 Å². The molecule has 0 spiro atoms. The molecule has 2 heteroatoms. The predicted octanol–water partition coefficient (Wildman–Crippen LogP) is 8.23. The summed E-state index contributed by atoms with van der Waals surface area (Å²) in [6.45, 7) is 4.37. The number of imidazole rings is 1. The summed E-state index contributed by atoms with van der Waals surface area (Å²) in [5.41, 5.74) is 7.16. The van der Waals surface area contributed by atoms with Gasteiger partial charge in [0, 0.05) is 16.3 Å². The summed E-state index contributed by atoms with van der Waals surface area (Å²) >= 11 is 0. The lowest BCUT2D eigenvalue weighted by Crippen LogP contribution is -1.97. The summed E-state index contributed by atoms with van der Waals surface area (Å²) in [6, 6.07) is 33.0. The Morgan fingerprint density at radius 3 is 2.09 bits per heavy atom. The van der Waals surface area contributed by atoms with Gasteiger partial charge in [-0.1, -0.05) is 78.9 Å². The minimum absolute atomic E-state index is 1.01. The average Bonchev–Trinajstić information content (AvgIpc) is 3.28. The first-order valence-electron chi connectivity index (χ1n) is 11.4. The highest BCUT2D eigenvalue weighted by Gasteiger charge is 2.17. The molecule has 0 fully saturated rings. The largest absolute Gasteiger partial charge is 0.292 e.